The lowest BCUT2D eigenvalue weighted by Gasteiger charge is -1.95. The number of hydrogen-bond acceptors (Lipinski definition) is 2. The second-order valence-electron chi connectivity index (χ2n) is 2.57. The highest BCUT2D eigenvalue weighted by atomic mass is 16.1. The van der Waals surface area contributed by atoms with Crippen molar-refractivity contribution < 1.29 is 4.79 Å². The zero-order chi connectivity index (χ0) is 8.43. The van der Waals surface area contributed by atoms with Crippen LogP contribution in [0.4, 0.5) is 0 Å². The van der Waals surface area contributed by atoms with E-state index in [0.717, 1.165) is 5.69 Å². The van der Waals surface area contributed by atoms with Gasteiger partial charge in [-0.3, -0.25) is 9.48 Å². The van der Waals surface area contributed by atoms with E-state index in [-0.39, 0.29) is 5.78 Å². The maximum Gasteiger partial charge on any atom is 0.180 e. The van der Waals surface area contributed by atoms with Crippen molar-refractivity contribution in [3.63, 3.8) is 0 Å². The Morgan fingerprint density at radius 3 is 2.73 bits per heavy atom. The summed E-state index contributed by atoms with van der Waals surface area (Å²) in [4.78, 5) is 11.2. The molecule has 1 heterocycles. The lowest BCUT2D eigenvalue weighted by molar-refractivity contribution is 0.0979. The molecule has 0 fully saturated rings. The average molecular weight is 152 g/mol. The van der Waals surface area contributed by atoms with E-state index in [0.29, 0.717) is 12.1 Å². The summed E-state index contributed by atoms with van der Waals surface area (Å²) in [7, 11) is 1.79. The van der Waals surface area contributed by atoms with Gasteiger partial charge in [0.05, 0.1) is 5.69 Å². The molecule has 0 unspecified atom stereocenters. The molecular weight excluding hydrogens is 140 g/mol. The van der Waals surface area contributed by atoms with E-state index in [9.17, 15) is 4.79 Å². The molecule has 0 aromatic carbocycles. The first kappa shape index (κ1) is 7.98. The summed E-state index contributed by atoms with van der Waals surface area (Å²) in [6.45, 7) is 3.73. The topological polar surface area (TPSA) is 34.9 Å². The van der Waals surface area contributed by atoms with Crippen LogP contribution in [0, 0.1) is 6.92 Å². The summed E-state index contributed by atoms with van der Waals surface area (Å²) >= 11 is 0. The molecule has 11 heavy (non-hydrogen) atoms. The molecule has 0 spiro atoms. The van der Waals surface area contributed by atoms with Gasteiger partial charge < -0.3 is 0 Å². The molecular formula is C8H12N2O. The minimum Gasteiger partial charge on any atom is -0.292 e. The first-order valence-corrected chi connectivity index (χ1v) is 3.69. The lowest BCUT2D eigenvalue weighted by Crippen LogP contribution is -2.04. The first-order chi connectivity index (χ1) is 5.15. The number of aryl methyl sites for hydroxylation is 2. The fourth-order valence-corrected chi connectivity index (χ4v) is 1.05. The zero-order valence-electron chi connectivity index (χ0n) is 7.09. The lowest BCUT2D eigenvalue weighted by atomic mass is 10.2. The van der Waals surface area contributed by atoms with Gasteiger partial charge in [0.15, 0.2) is 5.78 Å². The molecule has 0 radical (unpaired) electrons. The first-order valence-electron chi connectivity index (χ1n) is 3.69. The van der Waals surface area contributed by atoms with Crippen LogP contribution >= 0.6 is 0 Å². The third-order valence-electron chi connectivity index (χ3n) is 1.61. The average Bonchev–Trinajstić information content (AvgIpc) is 2.28. The SMILES string of the molecule is CCC(=O)c1cc(C)nn1C. The minimum atomic E-state index is 0.146. The van der Waals surface area contributed by atoms with Gasteiger partial charge in [-0.1, -0.05) is 6.92 Å². The quantitative estimate of drug-likeness (QED) is 0.599. The molecule has 3 nitrogen and oxygen atoms in total. The molecule has 0 aliphatic carbocycles. The van der Waals surface area contributed by atoms with Gasteiger partial charge in [-0.2, -0.15) is 5.10 Å². The highest BCUT2D eigenvalue weighted by molar-refractivity contribution is 5.94. The third kappa shape index (κ3) is 1.48. The Labute approximate surface area is 66.0 Å². The largest absolute Gasteiger partial charge is 0.292 e. The Bertz CT molecular complexity index is 276. The summed E-state index contributed by atoms with van der Waals surface area (Å²) in [5.41, 5.74) is 1.59. The van der Waals surface area contributed by atoms with Crippen LogP contribution < -0.4 is 0 Å². The van der Waals surface area contributed by atoms with E-state index in [1.165, 1.54) is 0 Å². The summed E-state index contributed by atoms with van der Waals surface area (Å²) < 4.78 is 1.63. The number of aromatic nitrogens is 2. The predicted octanol–water partition coefficient (Wildman–Crippen LogP) is 1.32. The van der Waals surface area contributed by atoms with Gasteiger partial charge in [0.1, 0.15) is 5.69 Å². The highest BCUT2D eigenvalue weighted by Crippen LogP contribution is 2.04. The summed E-state index contributed by atoms with van der Waals surface area (Å²) in [5, 5.41) is 4.08. The van der Waals surface area contributed by atoms with E-state index in [2.05, 4.69) is 5.10 Å². The van der Waals surface area contributed by atoms with Crippen molar-refractivity contribution in [2.24, 2.45) is 7.05 Å². The second kappa shape index (κ2) is 2.86. The van der Waals surface area contributed by atoms with Gasteiger partial charge in [-0.05, 0) is 13.0 Å². The van der Waals surface area contributed by atoms with Gasteiger partial charge in [-0.25, -0.2) is 0 Å². The maximum absolute atomic E-state index is 11.2. The predicted molar refractivity (Wildman–Crippen MR) is 42.6 cm³/mol. The molecule has 0 amide bonds. The monoisotopic (exact) mass is 152 g/mol. The maximum atomic E-state index is 11.2. The Morgan fingerprint density at radius 1 is 1.73 bits per heavy atom. The highest BCUT2D eigenvalue weighted by Gasteiger charge is 2.08. The van der Waals surface area contributed by atoms with Gasteiger partial charge >= 0.3 is 0 Å². The third-order valence-corrected chi connectivity index (χ3v) is 1.61. The smallest absolute Gasteiger partial charge is 0.180 e. The van der Waals surface area contributed by atoms with Crippen LogP contribution in [-0.4, -0.2) is 15.6 Å². The van der Waals surface area contributed by atoms with Crippen molar-refractivity contribution in [1.29, 1.82) is 0 Å². The molecule has 0 bridgehead atoms. The van der Waals surface area contributed by atoms with Crippen LogP contribution in [0.15, 0.2) is 6.07 Å². The fraction of sp³-hybridized carbons (Fsp3) is 0.500. The van der Waals surface area contributed by atoms with E-state index in [4.69, 9.17) is 0 Å². The molecule has 0 saturated heterocycles. The number of ketones is 1. The molecule has 0 aliphatic heterocycles. The number of hydrogen-bond donors (Lipinski definition) is 0. The molecule has 0 atom stereocenters. The van der Waals surface area contributed by atoms with Crippen molar-refractivity contribution in [3.05, 3.63) is 17.5 Å². The van der Waals surface area contributed by atoms with Gasteiger partial charge in [-0.15, -0.1) is 0 Å². The number of carbonyl (C=O) groups excluding carboxylic acids is 1. The van der Waals surface area contributed by atoms with E-state index in [1.54, 1.807) is 11.7 Å². The molecule has 1 aromatic heterocycles. The van der Waals surface area contributed by atoms with Crippen molar-refractivity contribution in [2.45, 2.75) is 20.3 Å². The molecule has 60 valence electrons. The van der Waals surface area contributed by atoms with Crippen LogP contribution in [-0.2, 0) is 7.05 Å². The summed E-state index contributed by atoms with van der Waals surface area (Å²) in [6, 6.07) is 1.81. The zero-order valence-corrected chi connectivity index (χ0v) is 7.09. The van der Waals surface area contributed by atoms with Crippen LogP contribution in [0.2, 0.25) is 0 Å². The number of rotatable bonds is 2. The molecule has 3 heteroatoms. The standard InChI is InChI=1S/C8H12N2O/c1-4-8(11)7-5-6(2)9-10(7)3/h5H,4H2,1-3H3. The fourth-order valence-electron chi connectivity index (χ4n) is 1.05. The van der Waals surface area contributed by atoms with Crippen molar-refractivity contribution >= 4 is 5.78 Å². The van der Waals surface area contributed by atoms with E-state index in [1.807, 2.05) is 19.9 Å². The Balaban J connectivity index is 3.03. The van der Waals surface area contributed by atoms with E-state index >= 15 is 0 Å². The molecule has 0 N–H and O–H groups in total. The van der Waals surface area contributed by atoms with Gasteiger partial charge in [0.2, 0.25) is 0 Å². The van der Waals surface area contributed by atoms with Crippen molar-refractivity contribution in [1.82, 2.24) is 9.78 Å². The summed E-state index contributed by atoms with van der Waals surface area (Å²) in [6.07, 6.45) is 0.541. The molecule has 0 saturated carbocycles. The number of Topliss-reactive ketones (excluding diaryl/α,β-unsaturated/α-hetero) is 1. The molecule has 1 aromatic rings. The summed E-state index contributed by atoms with van der Waals surface area (Å²) in [5.74, 6) is 0.146. The normalized spacial score (nSPS) is 10.1. The van der Waals surface area contributed by atoms with E-state index < -0.39 is 0 Å². The second-order valence-corrected chi connectivity index (χ2v) is 2.57. The Hall–Kier alpha value is -1.12. The number of nitrogens with zero attached hydrogens (tertiary/aromatic N) is 2. The van der Waals surface area contributed by atoms with Crippen LogP contribution in [0.5, 0.6) is 0 Å². The van der Waals surface area contributed by atoms with Crippen molar-refractivity contribution in [3.8, 4) is 0 Å². The van der Waals surface area contributed by atoms with Gasteiger partial charge in [0.25, 0.3) is 0 Å². The van der Waals surface area contributed by atoms with Crippen LogP contribution in [0.1, 0.15) is 29.5 Å². The number of carbonyl (C=O) groups is 1. The Kier molecular flexibility index (Phi) is 2.08. The minimum absolute atomic E-state index is 0.146. The van der Waals surface area contributed by atoms with Crippen LogP contribution in [0.3, 0.4) is 0 Å². The molecule has 1 rings (SSSR count). The van der Waals surface area contributed by atoms with Gasteiger partial charge in [0, 0.05) is 13.5 Å². The Morgan fingerprint density at radius 2 is 2.36 bits per heavy atom. The van der Waals surface area contributed by atoms with Crippen molar-refractivity contribution in [2.75, 3.05) is 0 Å². The molecule has 0 aliphatic rings. The van der Waals surface area contributed by atoms with Crippen LogP contribution in [0.25, 0.3) is 0 Å².